The number of aliphatic hydroxyl groups excluding tert-OH is 3. The summed E-state index contributed by atoms with van der Waals surface area (Å²) in [6.07, 6.45) is 10.6. The molecule has 0 aliphatic heterocycles. The van der Waals surface area contributed by atoms with Crippen LogP contribution in [0.25, 0.3) is 0 Å². The van der Waals surface area contributed by atoms with E-state index >= 15 is 0 Å². The van der Waals surface area contributed by atoms with E-state index < -0.39 is 6.10 Å². The van der Waals surface area contributed by atoms with Crippen LogP contribution in [-0.4, -0.2) is 34.6 Å². The van der Waals surface area contributed by atoms with Gasteiger partial charge >= 0.3 is 0 Å². The molecular weight excluding hydrogens is 288 g/mol. The van der Waals surface area contributed by atoms with E-state index in [-0.39, 0.29) is 13.2 Å². The Morgan fingerprint density at radius 3 is 2.04 bits per heavy atom. The second kappa shape index (κ2) is 13.3. The normalized spacial score (nSPS) is 15.0. The van der Waals surface area contributed by atoms with Crippen LogP contribution in [0.4, 0.5) is 0 Å². The molecule has 0 saturated heterocycles. The topological polar surface area (TPSA) is 60.7 Å². The summed E-state index contributed by atoms with van der Waals surface area (Å²) < 4.78 is 0. The van der Waals surface area contributed by atoms with Crippen molar-refractivity contribution in [3.63, 3.8) is 0 Å². The van der Waals surface area contributed by atoms with Gasteiger partial charge < -0.3 is 15.3 Å². The Morgan fingerprint density at radius 2 is 1.43 bits per heavy atom. The molecule has 1 atom stereocenters. The molecule has 0 aromatic heterocycles. The first kappa shape index (κ1) is 21.8. The lowest BCUT2D eigenvalue weighted by atomic mass is 9.98. The highest BCUT2D eigenvalue weighted by Gasteiger charge is 2.08. The summed E-state index contributed by atoms with van der Waals surface area (Å²) in [5.41, 5.74) is 4.30. The molecule has 0 amide bonds. The Labute approximate surface area is 141 Å². The number of aliphatic hydroxyl groups is 3. The molecule has 0 heterocycles. The summed E-state index contributed by atoms with van der Waals surface area (Å²) >= 11 is 0. The van der Waals surface area contributed by atoms with Gasteiger partial charge in [0.05, 0.1) is 19.3 Å². The Hall–Kier alpha value is -1.16. The van der Waals surface area contributed by atoms with Crippen molar-refractivity contribution in [3.8, 4) is 0 Å². The SMILES string of the molecule is C=C(CC/C=C(\C)CO)C(O)CC/C(C)=C/CC/C(C)=C/CO. The monoisotopic (exact) mass is 322 g/mol. The average molecular weight is 322 g/mol. The first-order valence-corrected chi connectivity index (χ1v) is 8.45. The van der Waals surface area contributed by atoms with Crippen molar-refractivity contribution in [3.05, 3.63) is 47.1 Å². The molecule has 0 saturated carbocycles. The Bertz CT molecular complexity index is 430. The van der Waals surface area contributed by atoms with Crippen molar-refractivity contribution in [1.29, 1.82) is 0 Å². The van der Waals surface area contributed by atoms with Gasteiger partial charge in [-0.2, -0.15) is 0 Å². The molecule has 3 N–H and O–H groups in total. The highest BCUT2D eigenvalue weighted by Crippen LogP contribution is 2.17. The second-order valence-corrected chi connectivity index (χ2v) is 6.28. The maximum Gasteiger partial charge on any atom is 0.0750 e. The van der Waals surface area contributed by atoms with Gasteiger partial charge in [-0.15, -0.1) is 0 Å². The third-order valence-electron chi connectivity index (χ3n) is 3.96. The maximum absolute atomic E-state index is 10.1. The van der Waals surface area contributed by atoms with Gasteiger partial charge in [0.2, 0.25) is 0 Å². The summed E-state index contributed by atoms with van der Waals surface area (Å²) in [6.45, 7) is 10.2. The minimum Gasteiger partial charge on any atom is -0.392 e. The second-order valence-electron chi connectivity index (χ2n) is 6.28. The molecule has 0 radical (unpaired) electrons. The van der Waals surface area contributed by atoms with Crippen molar-refractivity contribution in [2.75, 3.05) is 13.2 Å². The fourth-order valence-corrected chi connectivity index (χ4v) is 2.21. The van der Waals surface area contributed by atoms with Crippen LogP contribution in [0.3, 0.4) is 0 Å². The van der Waals surface area contributed by atoms with Crippen LogP contribution in [0.1, 0.15) is 59.3 Å². The Balaban J connectivity index is 4.04. The minimum absolute atomic E-state index is 0.0893. The maximum atomic E-state index is 10.1. The van der Waals surface area contributed by atoms with Gasteiger partial charge in [0.15, 0.2) is 0 Å². The predicted octanol–water partition coefficient (Wildman–Crippen LogP) is 4.07. The van der Waals surface area contributed by atoms with Crippen LogP contribution in [0.5, 0.6) is 0 Å². The largest absolute Gasteiger partial charge is 0.392 e. The fraction of sp³-hybridized carbons (Fsp3) is 0.600. The van der Waals surface area contributed by atoms with Crippen LogP contribution in [-0.2, 0) is 0 Å². The highest BCUT2D eigenvalue weighted by atomic mass is 16.3. The zero-order valence-corrected chi connectivity index (χ0v) is 15.0. The van der Waals surface area contributed by atoms with E-state index in [9.17, 15) is 5.11 Å². The van der Waals surface area contributed by atoms with Gasteiger partial charge in [-0.25, -0.2) is 0 Å². The zero-order valence-electron chi connectivity index (χ0n) is 15.0. The minimum atomic E-state index is -0.461. The van der Waals surface area contributed by atoms with Crippen molar-refractivity contribution in [2.45, 2.75) is 65.4 Å². The average Bonchev–Trinajstić information content (AvgIpc) is 2.52. The third kappa shape index (κ3) is 12.0. The predicted molar refractivity (Wildman–Crippen MR) is 98.3 cm³/mol. The van der Waals surface area contributed by atoms with E-state index in [2.05, 4.69) is 19.6 Å². The van der Waals surface area contributed by atoms with E-state index in [1.54, 1.807) is 0 Å². The molecule has 0 fully saturated rings. The van der Waals surface area contributed by atoms with E-state index in [0.29, 0.717) is 6.42 Å². The van der Waals surface area contributed by atoms with E-state index in [0.717, 1.165) is 43.3 Å². The molecule has 23 heavy (non-hydrogen) atoms. The van der Waals surface area contributed by atoms with Gasteiger partial charge in [0.1, 0.15) is 0 Å². The van der Waals surface area contributed by atoms with Gasteiger partial charge in [0, 0.05) is 0 Å². The van der Waals surface area contributed by atoms with Gasteiger partial charge in [-0.05, 0) is 64.9 Å². The molecule has 3 nitrogen and oxygen atoms in total. The molecule has 0 aliphatic rings. The van der Waals surface area contributed by atoms with Crippen LogP contribution in [0, 0.1) is 0 Å². The van der Waals surface area contributed by atoms with Gasteiger partial charge in [0.25, 0.3) is 0 Å². The lowest BCUT2D eigenvalue weighted by molar-refractivity contribution is 0.197. The molecule has 0 aromatic carbocycles. The summed E-state index contributed by atoms with van der Waals surface area (Å²) in [4.78, 5) is 0. The highest BCUT2D eigenvalue weighted by molar-refractivity contribution is 5.08. The number of hydrogen-bond acceptors (Lipinski definition) is 3. The molecule has 0 rings (SSSR count). The summed E-state index contributed by atoms with van der Waals surface area (Å²) in [5, 5.41) is 27.9. The van der Waals surface area contributed by atoms with E-state index in [1.165, 1.54) is 11.1 Å². The first-order valence-electron chi connectivity index (χ1n) is 8.45. The lowest BCUT2D eigenvalue weighted by Crippen LogP contribution is -2.09. The summed E-state index contributed by atoms with van der Waals surface area (Å²) in [5.74, 6) is 0. The van der Waals surface area contributed by atoms with Crippen molar-refractivity contribution in [1.82, 2.24) is 0 Å². The zero-order chi connectivity index (χ0) is 17.7. The number of allylic oxidation sites excluding steroid dienone is 4. The van der Waals surface area contributed by atoms with E-state index in [4.69, 9.17) is 10.2 Å². The molecule has 132 valence electrons. The van der Waals surface area contributed by atoms with Gasteiger partial charge in [-0.1, -0.05) is 41.5 Å². The molecular formula is C20H34O3. The third-order valence-corrected chi connectivity index (χ3v) is 3.96. The first-order chi connectivity index (χ1) is 10.9. The number of hydrogen-bond donors (Lipinski definition) is 3. The molecule has 3 heteroatoms. The molecule has 0 aromatic rings. The van der Waals surface area contributed by atoms with Crippen LogP contribution < -0.4 is 0 Å². The standard InChI is InChI=1S/C20H34O3/c1-16(7-5-8-17(2)13-14-21)11-12-20(23)19(4)10-6-9-18(3)15-22/h7,9,13,20-23H,4-6,8,10-12,14-15H2,1-3H3/b16-7+,17-13+,18-9+. The quantitative estimate of drug-likeness (QED) is 0.475. The van der Waals surface area contributed by atoms with Crippen LogP contribution in [0.2, 0.25) is 0 Å². The summed E-state index contributed by atoms with van der Waals surface area (Å²) in [7, 11) is 0. The smallest absolute Gasteiger partial charge is 0.0750 e. The van der Waals surface area contributed by atoms with Gasteiger partial charge in [-0.3, -0.25) is 0 Å². The van der Waals surface area contributed by atoms with E-state index in [1.807, 2.05) is 26.0 Å². The van der Waals surface area contributed by atoms with Crippen molar-refractivity contribution < 1.29 is 15.3 Å². The molecule has 0 aliphatic carbocycles. The fourth-order valence-electron chi connectivity index (χ4n) is 2.21. The summed E-state index contributed by atoms with van der Waals surface area (Å²) in [6, 6.07) is 0. The Kier molecular flexibility index (Phi) is 12.6. The molecule has 0 bridgehead atoms. The Morgan fingerprint density at radius 1 is 0.870 bits per heavy atom. The number of rotatable bonds is 12. The lowest BCUT2D eigenvalue weighted by Gasteiger charge is -2.13. The van der Waals surface area contributed by atoms with Crippen molar-refractivity contribution in [2.24, 2.45) is 0 Å². The van der Waals surface area contributed by atoms with Crippen LogP contribution in [0.15, 0.2) is 47.1 Å². The van der Waals surface area contributed by atoms with Crippen molar-refractivity contribution >= 4 is 0 Å². The van der Waals surface area contributed by atoms with Crippen LogP contribution >= 0.6 is 0 Å². The molecule has 0 spiro atoms. The molecule has 1 unspecified atom stereocenters.